The smallest absolute Gasteiger partial charge is 0.433 e. The number of carbonyl (C=O) groups excluding carboxylic acids is 1. The van der Waals surface area contributed by atoms with E-state index in [1.54, 1.807) is 6.92 Å². The van der Waals surface area contributed by atoms with Gasteiger partial charge in [-0.05, 0) is 25.1 Å². The molecule has 0 spiro atoms. The molecule has 5 nitrogen and oxygen atoms in total. The first-order valence-corrected chi connectivity index (χ1v) is 7.08. The van der Waals surface area contributed by atoms with Gasteiger partial charge in [0.2, 0.25) is 0 Å². The summed E-state index contributed by atoms with van der Waals surface area (Å²) in [6.45, 7) is 1.88. The zero-order chi connectivity index (χ0) is 17.3. The summed E-state index contributed by atoms with van der Waals surface area (Å²) in [5.74, 6) is -0.583. The Bertz CT molecular complexity index is 903. The Hall–Kier alpha value is -2.90. The monoisotopic (exact) mass is 335 g/mol. The summed E-state index contributed by atoms with van der Waals surface area (Å²) < 4.78 is 45.6. The highest BCUT2D eigenvalue weighted by Gasteiger charge is 2.35. The summed E-state index contributed by atoms with van der Waals surface area (Å²) in [7, 11) is 0. The molecular weight excluding hydrogens is 323 g/mol. The van der Waals surface area contributed by atoms with Gasteiger partial charge in [0.15, 0.2) is 11.4 Å². The fraction of sp³-hybridized carbons (Fsp3) is 0.188. The zero-order valence-electron chi connectivity index (χ0n) is 12.5. The summed E-state index contributed by atoms with van der Waals surface area (Å²) in [6.07, 6.45) is -0.574. The molecule has 3 rings (SSSR count). The lowest BCUT2D eigenvalue weighted by Crippen LogP contribution is -2.09. The number of nitrogens with zero attached hydrogens (tertiary/aromatic N) is 3. The maximum atomic E-state index is 13.1. The zero-order valence-corrected chi connectivity index (χ0v) is 12.5. The first-order chi connectivity index (χ1) is 11.4. The SMILES string of the molecule is CCOC(=O)c1cn2cc(-c3cccnc3C(F)(F)F)ccc2n1. The molecule has 0 aliphatic heterocycles. The minimum Gasteiger partial charge on any atom is -0.461 e. The second-order valence-corrected chi connectivity index (χ2v) is 4.93. The lowest BCUT2D eigenvalue weighted by Gasteiger charge is -2.11. The van der Waals surface area contributed by atoms with Gasteiger partial charge in [0.05, 0.1) is 6.61 Å². The van der Waals surface area contributed by atoms with Gasteiger partial charge in [0.1, 0.15) is 5.65 Å². The fourth-order valence-electron chi connectivity index (χ4n) is 2.32. The van der Waals surface area contributed by atoms with Crippen LogP contribution in [0.4, 0.5) is 13.2 Å². The number of hydrogen-bond acceptors (Lipinski definition) is 4. The van der Waals surface area contributed by atoms with Crippen LogP contribution >= 0.6 is 0 Å². The van der Waals surface area contributed by atoms with Crippen molar-refractivity contribution in [2.45, 2.75) is 13.1 Å². The maximum Gasteiger partial charge on any atom is 0.433 e. The minimum atomic E-state index is -4.56. The predicted molar refractivity (Wildman–Crippen MR) is 79.4 cm³/mol. The van der Waals surface area contributed by atoms with Crippen LogP contribution in [-0.2, 0) is 10.9 Å². The molecule has 24 heavy (non-hydrogen) atoms. The normalized spacial score (nSPS) is 11.7. The third kappa shape index (κ3) is 2.94. The number of aromatic nitrogens is 3. The highest BCUT2D eigenvalue weighted by atomic mass is 19.4. The van der Waals surface area contributed by atoms with Crippen LogP contribution in [0.5, 0.6) is 0 Å². The van der Waals surface area contributed by atoms with Gasteiger partial charge < -0.3 is 9.14 Å². The van der Waals surface area contributed by atoms with Crippen LogP contribution in [0.1, 0.15) is 23.1 Å². The van der Waals surface area contributed by atoms with E-state index in [0.29, 0.717) is 11.2 Å². The Labute approximate surface area is 134 Å². The van der Waals surface area contributed by atoms with Crippen molar-refractivity contribution >= 4 is 11.6 Å². The third-order valence-corrected chi connectivity index (χ3v) is 3.32. The number of pyridine rings is 2. The largest absolute Gasteiger partial charge is 0.461 e. The van der Waals surface area contributed by atoms with Crippen molar-refractivity contribution in [3.05, 3.63) is 54.2 Å². The molecule has 0 fully saturated rings. The van der Waals surface area contributed by atoms with Crippen molar-refractivity contribution in [3.8, 4) is 11.1 Å². The molecule has 0 aliphatic rings. The number of esters is 1. The molecule has 0 radical (unpaired) electrons. The summed E-state index contributed by atoms with van der Waals surface area (Å²) in [5.41, 5.74) is -0.167. The van der Waals surface area contributed by atoms with Crippen LogP contribution in [0.2, 0.25) is 0 Å². The Kier molecular flexibility index (Phi) is 3.96. The summed E-state index contributed by atoms with van der Waals surface area (Å²) in [5, 5.41) is 0. The molecule has 3 aromatic rings. The van der Waals surface area contributed by atoms with E-state index in [2.05, 4.69) is 9.97 Å². The van der Waals surface area contributed by atoms with Crippen LogP contribution in [0.3, 0.4) is 0 Å². The Balaban J connectivity index is 2.08. The van der Waals surface area contributed by atoms with E-state index in [-0.39, 0.29) is 17.9 Å². The minimum absolute atomic E-state index is 0.0433. The van der Waals surface area contributed by atoms with Gasteiger partial charge >= 0.3 is 12.1 Å². The topological polar surface area (TPSA) is 56.5 Å². The number of hydrogen-bond donors (Lipinski definition) is 0. The molecule has 3 aromatic heterocycles. The van der Waals surface area contributed by atoms with Gasteiger partial charge in [0, 0.05) is 29.7 Å². The lowest BCUT2D eigenvalue weighted by molar-refractivity contribution is -0.140. The molecule has 0 bridgehead atoms. The van der Waals surface area contributed by atoms with Gasteiger partial charge in [-0.25, -0.2) is 9.78 Å². The standard InChI is InChI=1S/C16H12F3N3O2/c1-2-24-15(23)12-9-22-8-10(5-6-13(22)21-12)11-4-3-7-20-14(11)16(17,18)19/h3-9H,2H2,1H3. The Morgan fingerprint density at radius 3 is 2.75 bits per heavy atom. The van der Waals surface area contributed by atoms with E-state index in [9.17, 15) is 18.0 Å². The molecular formula is C16H12F3N3O2. The van der Waals surface area contributed by atoms with Gasteiger partial charge in [-0.1, -0.05) is 6.07 Å². The average Bonchev–Trinajstić information content (AvgIpc) is 2.97. The van der Waals surface area contributed by atoms with Gasteiger partial charge in [-0.3, -0.25) is 4.98 Å². The van der Waals surface area contributed by atoms with Crippen LogP contribution in [0.25, 0.3) is 16.8 Å². The first kappa shape index (κ1) is 16.0. The molecule has 0 aliphatic carbocycles. The van der Waals surface area contributed by atoms with Crippen molar-refractivity contribution < 1.29 is 22.7 Å². The highest BCUT2D eigenvalue weighted by Crippen LogP contribution is 2.35. The van der Waals surface area contributed by atoms with Crippen molar-refractivity contribution in [1.82, 2.24) is 14.4 Å². The Morgan fingerprint density at radius 1 is 1.25 bits per heavy atom. The van der Waals surface area contributed by atoms with Gasteiger partial charge in [0.25, 0.3) is 0 Å². The lowest BCUT2D eigenvalue weighted by atomic mass is 10.1. The van der Waals surface area contributed by atoms with E-state index in [4.69, 9.17) is 4.74 Å². The number of rotatable bonds is 3. The molecule has 0 saturated heterocycles. The Morgan fingerprint density at radius 2 is 2.04 bits per heavy atom. The number of carbonyl (C=O) groups is 1. The van der Waals surface area contributed by atoms with Gasteiger partial charge in [-0.2, -0.15) is 13.2 Å². The van der Waals surface area contributed by atoms with E-state index < -0.39 is 17.8 Å². The first-order valence-electron chi connectivity index (χ1n) is 7.08. The molecule has 0 saturated carbocycles. The number of ether oxygens (including phenoxy) is 1. The maximum absolute atomic E-state index is 13.1. The molecule has 0 unspecified atom stereocenters. The molecule has 0 atom stereocenters. The van der Waals surface area contributed by atoms with E-state index in [1.807, 2.05) is 0 Å². The third-order valence-electron chi connectivity index (χ3n) is 3.32. The summed E-state index contributed by atoms with van der Waals surface area (Å²) in [6, 6.07) is 5.82. The number of fused-ring (bicyclic) bond motifs is 1. The molecule has 8 heteroatoms. The second kappa shape index (κ2) is 5.95. The molecule has 0 amide bonds. The van der Waals surface area contributed by atoms with E-state index in [0.717, 1.165) is 6.20 Å². The summed E-state index contributed by atoms with van der Waals surface area (Å²) in [4.78, 5) is 19.2. The summed E-state index contributed by atoms with van der Waals surface area (Å²) >= 11 is 0. The van der Waals surface area contributed by atoms with Crippen LogP contribution in [-0.4, -0.2) is 26.9 Å². The quantitative estimate of drug-likeness (QED) is 0.687. The average molecular weight is 335 g/mol. The van der Waals surface area contributed by atoms with E-state index in [1.165, 1.54) is 41.1 Å². The van der Waals surface area contributed by atoms with Crippen LogP contribution in [0, 0.1) is 0 Å². The van der Waals surface area contributed by atoms with Gasteiger partial charge in [-0.15, -0.1) is 0 Å². The molecule has 3 heterocycles. The van der Waals surface area contributed by atoms with Crippen molar-refractivity contribution in [3.63, 3.8) is 0 Å². The van der Waals surface area contributed by atoms with Crippen molar-refractivity contribution in [1.29, 1.82) is 0 Å². The predicted octanol–water partition coefficient (Wildman–Crippen LogP) is 3.59. The fourth-order valence-corrected chi connectivity index (χ4v) is 2.32. The molecule has 0 N–H and O–H groups in total. The van der Waals surface area contributed by atoms with Crippen LogP contribution in [0.15, 0.2) is 42.9 Å². The second-order valence-electron chi connectivity index (χ2n) is 4.93. The number of halogens is 3. The molecule has 124 valence electrons. The number of alkyl halides is 3. The number of imidazole rings is 1. The van der Waals surface area contributed by atoms with Crippen molar-refractivity contribution in [2.24, 2.45) is 0 Å². The van der Waals surface area contributed by atoms with Crippen LogP contribution < -0.4 is 0 Å². The van der Waals surface area contributed by atoms with E-state index >= 15 is 0 Å². The van der Waals surface area contributed by atoms with Crippen molar-refractivity contribution in [2.75, 3.05) is 6.61 Å². The molecule has 0 aromatic carbocycles. The highest BCUT2D eigenvalue weighted by molar-refractivity contribution is 5.88.